The van der Waals surface area contributed by atoms with E-state index >= 15 is 0 Å². The topological polar surface area (TPSA) is 89.8 Å². The van der Waals surface area contributed by atoms with Gasteiger partial charge in [-0.05, 0) is 51.4 Å². The van der Waals surface area contributed by atoms with Crippen LogP contribution in [0.5, 0.6) is 0 Å². The molecule has 0 fully saturated rings. The Morgan fingerprint density at radius 1 is 0.413 bits per heavy atom. The van der Waals surface area contributed by atoms with E-state index < -0.39 is 18.2 Å². The molecule has 0 spiro atoms. The van der Waals surface area contributed by atoms with Crippen molar-refractivity contribution in [2.45, 2.75) is 321 Å². The summed E-state index contributed by atoms with van der Waals surface area (Å²) in [6.07, 6.45) is 69.0. The fraction of sp³-hybridized carbons (Fsp3) is 0.879. The first kappa shape index (κ1) is 61.6. The van der Waals surface area contributed by atoms with E-state index in [1.165, 1.54) is 244 Å². The maximum absolute atomic E-state index is 12.5. The van der Waals surface area contributed by atoms with Gasteiger partial charge in [0.15, 0.2) is 0 Å². The third kappa shape index (κ3) is 49.8. The van der Waals surface area contributed by atoms with Crippen LogP contribution in [0.4, 0.5) is 0 Å². The molecule has 0 saturated carbocycles. The van der Waals surface area contributed by atoms with Crippen molar-refractivity contribution >= 4 is 5.91 Å². The lowest BCUT2D eigenvalue weighted by Crippen LogP contribution is -2.45. The summed E-state index contributed by atoms with van der Waals surface area (Å²) >= 11 is 0. The van der Waals surface area contributed by atoms with Gasteiger partial charge in [-0.1, -0.05) is 281 Å². The van der Waals surface area contributed by atoms with E-state index in [-0.39, 0.29) is 18.9 Å². The first-order valence-corrected chi connectivity index (χ1v) is 28.3. The Bertz CT molecular complexity index is 978. The molecule has 0 aliphatic heterocycles. The van der Waals surface area contributed by atoms with Gasteiger partial charge in [-0.3, -0.25) is 4.79 Å². The minimum absolute atomic E-state index is 0.00899. The molecule has 0 rings (SSSR count). The summed E-state index contributed by atoms with van der Waals surface area (Å²) < 4.78 is 0. The number of nitrogens with one attached hydrogen (secondary N) is 1. The lowest BCUT2D eigenvalue weighted by Gasteiger charge is -2.21. The number of hydrogen-bond acceptors (Lipinski definition) is 4. The van der Waals surface area contributed by atoms with Crippen molar-refractivity contribution < 1.29 is 20.1 Å². The summed E-state index contributed by atoms with van der Waals surface area (Å²) in [7, 11) is 0. The number of rotatable bonds is 52. The zero-order valence-electron chi connectivity index (χ0n) is 42.5. The van der Waals surface area contributed by atoms with Crippen LogP contribution in [0.3, 0.4) is 0 Å². The monoisotopic (exact) mass is 886 g/mol. The molecular weight excluding hydrogens is 775 g/mol. The first-order chi connectivity index (χ1) is 31.0. The van der Waals surface area contributed by atoms with Crippen LogP contribution in [-0.2, 0) is 4.79 Å². The largest absolute Gasteiger partial charge is 0.394 e. The van der Waals surface area contributed by atoms with Gasteiger partial charge in [0.05, 0.1) is 31.3 Å². The van der Waals surface area contributed by atoms with Crippen molar-refractivity contribution in [3.63, 3.8) is 0 Å². The third-order valence-corrected chi connectivity index (χ3v) is 13.2. The van der Waals surface area contributed by atoms with Crippen molar-refractivity contribution in [1.82, 2.24) is 5.32 Å². The van der Waals surface area contributed by atoms with Crippen LogP contribution in [0, 0.1) is 0 Å². The van der Waals surface area contributed by atoms with Crippen LogP contribution in [0.25, 0.3) is 0 Å². The van der Waals surface area contributed by atoms with Crippen LogP contribution in [-0.4, -0.2) is 46.1 Å². The fourth-order valence-corrected chi connectivity index (χ4v) is 8.84. The van der Waals surface area contributed by atoms with Gasteiger partial charge < -0.3 is 20.6 Å². The molecule has 5 heteroatoms. The molecule has 5 nitrogen and oxygen atoms in total. The van der Waals surface area contributed by atoms with Gasteiger partial charge in [0.1, 0.15) is 0 Å². The summed E-state index contributed by atoms with van der Waals surface area (Å²) in [5.74, 6) is -0.317. The number of carbonyl (C=O) groups is 1. The van der Waals surface area contributed by atoms with Crippen LogP contribution >= 0.6 is 0 Å². The number of allylic oxidation sites excluding steroid dienone is 5. The second-order valence-electron chi connectivity index (χ2n) is 19.5. The summed E-state index contributed by atoms with van der Waals surface area (Å²) in [6, 6.07) is -0.748. The second kappa shape index (κ2) is 53.2. The highest BCUT2D eigenvalue weighted by Crippen LogP contribution is 2.17. The Hall–Kier alpha value is -1.43. The van der Waals surface area contributed by atoms with Gasteiger partial charge >= 0.3 is 0 Å². The van der Waals surface area contributed by atoms with Crippen molar-refractivity contribution in [2.24, 2.45) is 0 Å². The summed E-state index contributed by atoms with van der Waals surface area (Å²) in [5.41, 5.74) is 0. The molecule has 372 valence electrons. The van der Waals surface area contributed by atoms with E-state index in [2.05, 4.69) is 43.5 Å². The zero-order chi connectivity index (χ0) is 45.8. The molecule has 0 saturated heterocycles. The van der Waals surface area contributed by atoms with Gasteiger partial charge in [-0.25, -0.2) is 0 Å². The van der Waals surface area contributed by atoms with Gasteiger partial charge in [-0.2, -0.15) is 0 Å². The number of hydrogen-bond donors (Lipinski definition) is 4. The van der Waals surface area contributed by atoms with Crippen molar-refractivity contribution in [1.29, 1.82) is 0 Å². The molecule has 0 aliphatic rings. The summed E-state index contributed by atoms with van der Waals surface area (Å²) in [6.45, 7) is 4.24. The van der Waals surface area contributed by atoms with Crippen LogP contribution in [0.2, 0.25) is 0 Å². The van der Waals surface area contributed by atoms with E-state index in [4.69, 9.17) is 0 Å². The highest BCUT2D eigenvalue weighted by Gasteiger charge is 2.20. The van der Waals surface area contributed by atoms with E-state index in [1.807, 2.05) is 6.08 Å². The van der Waals surface area contributed by atoms with Gasteiger partial charge in [0, 0.05) is 0 Å². The molecule has 63 heavy (non-hydrogen) atoms. The second-order valence-corrected chi connectivity index (χ2v) is 19.5. The lowest BCUT2D eigenvalue weighted by molar-refractivity contribution is -0.124. The highest BCUT2D eigenvalue weighted by atomic mass is 16.3. The molecule has 0 aromatic carbocycles. The van der Waals surface area contributed by atoms with Gasteiger partial charge in [0.2, 0.25) is 5.91 Å². The van der Waals surface area contributed by atoms with Crippen LogP contribution in [0.15, 0.2) is 36.5 Å². The Labute approximate surface area is 394 Å². The Morgan fingerprint density at radius 3 is 1.05 bits per heavy atom. The molecule has 3 unspecified atom stereocenters. The van der Waals surface area contributed by atoms with Gasteiger partial charge in [-0.15, -0.1) is 0 Å². The maximum atomic E-state index is 12.5. The summed E-state index contributed by atoms with van der Waals surface area (Å²) in [4.78, 5) is 12.5. The van der Waals surface area contributed by atoms with E-state index in [1.54, 1.807) is 6.08 Å². The van der Waals surface area contributed by atoms with Crippen molar-refractivity contribution in [2.75, 3.05) is 6.61 Å². The van der Waals surface area contributed by atoms with Crippen molar-refractivity contribution in [3.8, 4) is 0 Å². The number of aliphatic hydroxyl groups is 3. The molecule has 0 aliphatic carbocycles. The molecular formula is C58H111NO4. The quantitative estimate of drug-likeness (QED) is 0.0362. The Morgan fingerprint density at radius 2 is 0.714 bits per heavy atom. The summed E-state index contributed by atoms with van der Waals surface area (Å²) in [5, 5.41) is 33.5. The highest BCUT2D eigenvalue weighted by molar-refractivity contribution is 5.76. The molecule has 4 N–H and O–H groups in total. The van der Waals surface area contributed by atoms with Crippen LogP contribution in [0.1, 0.15) is 303 Å². The van der Waals surface area contributed by atoms with E-state index in [0.29, 0.717) is 6.42 Å². The molecule has 1 amide bonds. The van der Waals surface area contributed by atoms with Gasteiger partial charge in [0.25, 0.3) is 0 Å². The van der Waals surface area contributed by atoms with Crippen LogP contribution < -0.4 is 5.32 Å². The molecule has 0 aromatic rings. The molecule has 3 atom stereocenters. The predicted octanol–water partition coefficient (Wildman–Crippen LogP) is 17.4. The average molecular weight is 887 g/mol. The number of amides is 1. The lowest BCUT2D eigenvalue weighted by atomic mass is 10.0. The smallest absolute Gasteiger partial charge is 0.222 e. The fourth-order valence-electron chi connectivity index (χ4n) is 8.84. The minimum atomic E-state index is -0.933. The standard InChI is InChI=1S/C58H111NO4/c1-3-5-7-9-11-13-15-17-19-21-23-25-27-28-30-32-34-36-38-40-42-44-46-48-50-52-57(62)56(54-60)59-58(63)53-55(61)51-49-47-45-43-41-39-37-35-33-31-29-26-24-22-20-18-16-14-12-10-8-6-4-2/h24,26,31,33,50,52,55-57,60-62H,3-23,25,27-30,32,34-49,51,53-54H2,1-2H3,(H,59,63)/b26-24-,33-31-,52-50+. The SMILES string of the molecule is CCCCCCCCCCC/C=C\C/C=C\CCCCCCCCCC(O)CC(=O)NC(CO)C(O)/C=C/CCCCCCCCCCCCCCCCCCCCCCCCC. The van der Waals surface area contributed by atoms with E-state index in [9.17, 15) is 20.1 Å². The molecule has 0 bridgehead atoms. The predicted molar refractivity (Wildman–Crippen MR) is 278 cm³/mol. The Kier molecular flexibility index (Phi) is 52.0. The first-order valence-electron chi connectivity index (χ1n) is 28.3. The van der Waals surface area contributed by atoms with E-state index in [0.717, 1.165) is 32.1 Å². The maximum Gasteiger partial charge on any atom is 0.222 e. The average Bonchev–Trinajstić information content (AvgIpc) is 3.28. The van der Waals surface area contributed by atoms with Crippen molar-refractivity contribution in [3.05, 3.63) is 36.5 Å². The minimum Gasteiger partial charge on any atom is -0.394 e. The third-order valence-electron chi connectivity index (χ3n) is 13.2. The number of aliphatic hydroxyl groups excluding tert-OH is 3. The molecule has 0 heterocycles. The molecule has 0 radical (unpaired) electrons. The normalized spacial score (nSPS) is 13.5. The number of carbonyl (C=O) groups excluding carboxylic acids is 1. The molecule has 0 aromatic heterocycles. The Balaban J connectivity index is 3.59. The zero-order valence-corrected chi connectivity index (χ0v) is 42.5. The number of unbranched alkanes of at least 4 members (excludes halogenated alkanes) is 39.